The fourth-order valence-corrected chi connectivity index (χ4v) is 2.78. The summed E-state index contributed by atoms with van der Waals surface area (Å²) in [6, 6.07) is 19.6. The lowest BCUT2D eigenvalue weighted by Gasteiger charge is -2.27. The Kier molecular flexibility index (Phi) is 3.74. The van der Waals surface area contributed by atoms with Crippen LogP contribution >= 0.6 is 0 Å². The molecule has 0 fully saturated rings. The minimum atomic E-state index is -1.23. The van der Waals surface area contributed by atoms with Crippen molar-refractivity contribution < 1.29 is 4.21 Å². The molecule has 0 aromatic heterocycles. The average Bonchev–Trinajstić information content (AvgIpc) is 2.83. The van der Waals surface area contributed by atoms with Gasteiger partial charge in [0.2, 0.25) is 0 Å². The van der Waals surface area contributed by atoms with Gasteiger partial charge in [0.1, 0.15) is 0 Å². The van der Waals surface area contributed by atoms with E-state index in [2.05, 4.69) is 11.2 Å². The minimum Gasteiger partial charge on any atom is -0.485 e. The zero-order valence-corrected chi connectivity index (χ0v) is 11.6. The van der Waals surface area contributed by atoms with Crippen molar-refractivity contribution in [3.05, 3.63) is 77.8 Å². The van der Waals surface area contributed by atoms with Crippen molar-refractivity contribution in [3.63, 3.8) is 0 Å². The summed E-state index contributed by atoms with van der Waals surface area (Å²) in [5.41, 5.74) is 1.93. The molecule has 0 N–H and O–H groups in total. The van der Waals surface area contributed by atoms with Crippen LogP contribution in [0.1, 0.15) is 5.56 Å². The highest BCUT2D eigenvalue weighted by molar-refractivity contribution is 8.03. The van der Waals surface area contributed by atoms with Crippen molar-refractivity contribution in [1.29, 1.82) is 0 Å². The molecule has 3 nitrogen and oxygen atoms in total. The van der Waals surface area contributed by atoms with Gasteiger partial charge < -0.3 is 9.89 Å². The summed E-state index contributed by atoms with van der Waals surface area (Å²) in [6.07, 6.45) is 3.00. The van der Waals surface area contributed by atoms with Crippen LogP contribution in [0.25, 0.3) is 0 Å². The van der Waals surface area contributed by atoms with Crippen LogP contribution in [0.2, 0.25) is 0 Å². The third-order valence-electron chi connectivity index (χ3n) is 2.89. The van der Waals surface area contributed by atoms with E-state index in [-0.39, 0.29) is 0 Å². The van der Waals surface area contributed by atoms with E-state index in [9.17, 15) is 4.21 Å². The minimum absolute atomic E-state index is 0.528. The Balaban J connectivity index is 1.85. The Hall–Kier alpha value is -2.20. The van der Waals surface area contributed by atoms with E-state index >= 15 is 0 Å². The third-order valence-corrected chi connectivity index (χ3v) is 3.88. The van der Waals surface area contributed by atoms with Crippen molar-refractivity contribution in [2.24, 2.45) is 4.99 Å². The van der Waals surface area contributed by atoms with Crippen LogP contribution in [0.15, 0.2) is 71.1 Å². The Morgan fingerprint density at radius 3 is 2.35 bits per heavy atom. The molecule has 2 aromatic carbocycles. The summed E-state index contributed by atoms with van der Waals surface area (Å²) in [7, 11) is -1.23. The van der Waals surface area contributed by atoms with Gasteiger partial charge >= 0.3 is 0 Å². The molecule has 1 aliphatic heterocycles. The Morgan fingerprint density at radius 2 is 1.65 bits per heavy atom. The molecule has 100 valence electrons. The quantitative estimate of drug-likeness (QED) is 0.809. The second-order valence-corrected chi connectivity index (χ2v) is 5.54. The SMILES string of the molecule is O=S1C=[C-]N(Cc2ccccc2)C1=Nc1ccccc1. The van der Waals surface area contributed by atoms with Gasteiger partial charge in [-0.1, -0.05) is 53.9 Å². The highest BCUT2D eigenvalue weighted by atomic mass is 32.2. The first-order valence-corrected chi connectivity index (χ1v) is 7.49. The average molecular weight is 281 g/mol. The van der Waals surface area contributed by atoms with Crippen LogP contribution in [0, 0.1) is 6.20 Å². The summed E-state index contributed by atoms with van der Waals surface area (Å²) in [6.45, 7) is 0.620. The maximum Gasteiger partial charge on any atom is 0.0491 e. The predicted octanol–water partition coefficient (Wildman–Crippen LogP) is 3.21. The molecule has 3 rings (SSSR count). The summed E-state index contributed by atoms with van der Waals surface area (Å²) in [5.74, 6) is 0. The Morgan fingerprint density at radius 1 is 1.00 bits per heavy atom. The second-order valence-electron chi connectivity index (χ2n) is 4.35. The summed E-state index contributed by atoms with van der Waals surface area (Å²) in [4.78, 5) is 6.27. The molecule has 0 aliphatic carbocycles. The van der Waals surface area contributed by atoms with E-state index in [0.717, 1.165) is 11.3 Å². The van der Waals surface area contributed by atoms with E-state index in [1.54, 1.807) is 10.3 Å². The maximum absolute atomic E-state index is 12.0. The van der Waals surface area contributed by atoms with Crippen molar-refractivity contribution in [2.45, 2.75) is 6.54 Å². The van der Waals surface area contributed by atoms with Gasteiger partial charge in [-0.25, -0.2) is 0 Å². The molecule has 2 aromatic rings. The molecule has 0 radical (unpaired) electrons. The van der Waals surface area contributed by atoms with Crippen molar-refractivity contribution >= 4 is 21.7 Å². The van der Waals surface area contributed by atoms with Gasteiger partial charge in [-0.3, -0.25) is 4.21 Å². The third kappa shape index (κ3) is 2.86. The smallest absolute Gasteiger partial charge is 0.0491 e. The molecule has 0 spiro atoms. The largest absolute Gasteiger partial charge is 0.485 e. The molecule has 1 heterocycles. The highest BCUT2D eigenvalue weighted by Crippen LogP contribution is 2.18. The first-order valence-electron chi connectivity index (χ1n) is 6.28. The predicted molar refractivity (Wildman–Crippen MR) is 81.5 cm³/mol. The topological polar surface area (TPSA) is 32.7 Å². The van der Waals surface area contributed by atoms with Gasteiger partial charge in [0.25, 0.3) is 0 Å². The van der Waals surface area contributed by atoms with E-state index in [0.29, 0.717) is 11.7 Å². The van der Waals surface area contributed by atoms with E-state index < -0.39 is 10.8 Å². The number of rotatable bonds is 3. The summed E-state index contributed by atoms with van der Waals surface area (Å²) in [5, 5.41) is 2.07. The second kappa shape index (κ2) is 5.84. The number of benzene rings is 2. The van der Waals surface area contributed by atoms with E-state index in [4.69, 9.17) is 0 Å². The van der Waals surface area contributed by atoms with Crippen LogP contribution in [-0.2, 0) is 17.3 Å². The lowest BCUT2D eigenvalue weighted by atomic mass is 10.2. The van der Waals surface area contributed by atoms with Crippen molar-refractivity contribution in [1.82, 2.24) is 4.90 Å². The van der Waals surface area contributed by atoms with Gasteiger partial charge in [-0.05, 0) is 17.7 Å². The Bertz CT molecular complexity index is 665. The molecule has 1 aliphatic rings. The van der Waals surface area contributed by atoms with Crippen LogP contribution in [-0.4, -0.2) is 14.3 Å². The molecule has 0 bridgehead atoms. The van der Waals surface area contributed by atoms with Crippen LogP contribution in [0.5, 0.6) is 0 Å². The molecular weight excluding hydrogens is 268 g/mol. The first kappa shape index (κ1) is 12.8. The van der Waals surface area contributed by atoms with Gasteiger partial charge in [-0.2, -0.15) is 6.20 Å². The number of para-hydroxylation sites is 1. The highest BCUT2D eigenvalue weighted by Gasteiger charge is 2.09. The monoisotopic (exact) mass is 281 g/mol. The first-order chi connectivity index (χ1) is 9.83. The maximum atomic E-state index is 12.0. The normalized spacial score (nSPS) is 19.7. The van der Waals surface area contributed by atoms with Gasteiger partial charge in [0.15, 0.2) is 0 Å². The zero-order valence-electron chi connectivity index (χ0n) is 10.8. The fourth-order valence-electron chi connectivity index (χ4n) is 1.93. The molecule has 0 amide bonds. The lowest BCUT2D eigenvalue weighted by molar-refractivity contribution is 0.545. The zero-order chi connectivity index (χ0) is 13.8. The molecule has 1 atom stereocenters. The van der Waals surface area contributed by atoms with Crippen LogP contribution in [0.3, 0.4) is 0 Å². The lowest BCUT2D eigenvalue weighted by Crippen LogP contribution is -2.23. The molecule has 1 unspecified atom stereocenters. The number of hydrogen-bond donors (Lipinski definition) is 0. The van der Waals surface area contributed by atoms with Gasteiger partial charge in [0, 0.05) is 28.2 Å². The Labute approximate surface area is 120 Å². The van der Waals surface area contributed by atoms with Crippen LogP contribution in [0.4, 0.5) is 5.69 Å². The van der Waals surface area contributed by atoms with E-state index in [1.807, 2.05) is 60.7 Å². The number of nitrogens with zero attached hydrogens (tertiary/aromatic N) is 2. The number of hydrogen-bond acceptors (Lipinski definition) is 2. The summed E-state index contributed by atoms with van der Waals surface area (Å²) >= 11 is 0. The van der Waals surface area contributed by atoms with Crippen molar-refractivity contribution in [2.75, 3.05) is 0 Å². The van der Waals surface area contributed by atoms with Gasteiger partial charge in [-0.15, -0.1) is 0 Å². The van der Waals surface area contributed by atoms with Gasteiger partial charge in [0.05, 0.1) is 0 Å². The number of aliphatic imine (C=N–C) groups is 1. The van der Waals surface area contributed by atoms with Crippen LogP contribution < -0.4 is 0 Å². The molecule has 4 heteroatoms. The van der Waals surface area contributed by atoms with E-state index in [1.165, 1.54) is 0 Å². The molecule has 0 saturated heterocycles. The number of amidine groups is 1. The molecular formula is C16H13N2OS-. The summed E-state index contributed by atoms with van der Waals surface area (Å²) < 4.78 is 12.0. The van der Waals surface area contributed by atoms with Crippen molar-refractivity contribution in [3.8, 4) is 0 Å². The standard InChI is InChI=1S/C16H13N2OS/c19-20-12-11-18(13-14-7-3-1-4-8-14)16(20)17-15-9-5-2-6-10-15/h1-10,12H,13H2/q-1. The molecule has 0 saturated carbocycles. The molecule has 20 heavy (non-hydrogen) atoms. The fraction of sp³-hybridized carbons (Fsp3) is 0.0625.